The second-order valence-electron chi connectivity index (χ2n) is 11.0. The van der Waals surface area contributed by atoms with Gasteiger partial charge in [-0.3, -0.25) is 14.3 Å². The van der Waals surface area contributed by atoms with E-state index in [1.165, 1.54) is 11.1 Å². The molecular weight excluding hydrogens is 635 g/mol. The van der Waals surface area contributed by atoms with Gasteiger partial charge in [0.05, 0.1) is 18.1 Å². The van der Waals surface area contributed by atoms with Gasteiger partial charge in [0.25, 0.3) is 0 Å². The topological polar surface area (TPSA) is 109 Å². The Morgan fingerprint density at radius 2 is 1.58 bits per heavy atom. The molecule has 0 saturated carbocycles. The van der Waals surface area contributed by atoms with E-state index in [2.05, 4.69) is 51.2 Å². The highest BCUT2D eigenvalue weighted by Crippen LogP contribution is 2.26. The number of carbonyl (C=O) groups is 1. The lowest BCUT2D eigenvalue weighted by Crippen LogP contribution is -2.48. The number of amides is 2. The number of piperidine rings is 1. The molecular formula is C32H40Cl2N6O4S. The van der Waals surface area contributed by atoms with Crippen molar-refractivity contribution in [2.75, 3.05) is 29.4 Å². The predicted molar refractivity (Wildman–Crippen MR) is 183 cm³/mol. The van der Waals surface area contributed by atoms with Crippen molar-refractivity contribution in [2.24, 2.45) is 7.05 Å². The number of aryl methyl sites for hydroxylation is 2. The van der Waals surface area contributed by atoms with E-state index in [0.29, 0.717) is 29.4 Å². The Morgan fingerprint density at radius 1 is 0.956 bits per heavy atom. The number of hydrogen-bond acceptors (Lipinski definition) is 6. The summed E-state index contributed by atoms with van der Waals surface area (Å²) in [6, 6.07) is 23.0. The number of ether oxygens (including phenoxy) is 1. The maximum Gasteiger partial charge on any atom is 0.322 e. The van der Waals surface area contributed by atoms with Gasteiger partial charge < -0.3 is 15.0 Å². The van der Waals surface area contributed by atoms with Gasteiger partial charge in [-0.25, -0.2) is 13.2 Å². The van der Waals surface area contributed by atoms with Gasteiger partial charge in [0, 0.05) is 51.2 Å². The van der Waals surface area contributed by atoms with Crippen molar-refractivity contribution < 1.29 is 17.9 Å². The number of anilines is 2. The number of carbonyl (C=O) groups excluding carboxylic acids is 1. The average molecular weight is 676 g/mol. The Bertz CT molecular complexity index is 1640. The van der Waals surface area contributed by atoms with Crippen molar-refractivity contribution in [3.8, 4) is 11.5 Å². The van der Waals surface area contributed by atoms with Crippen molar-refractivity contribution in [3.63, 3.8) is 0 Å². The van der Waals surface area contributed by atoms with Crippen LogP contribution in [0.2, 0.25) is 0 Å². The van der Waals surface area contributed by atoms with Crippen LogP contribution in [0.3, 0.4) is 0 Å². The summed E-state index contributed by atoms with van der Waals surface area (Å²) in [5.74, 6) is 1.33. The van der Waals surface area contributed by atoms with Gasteiger partial charge in [0.1, 0.15) is 11.5 Å². The minimum atomic E-state index is -3.32. The maximum atomic E-state index is 13.5. The Balaban J connectivity index is 0.00000276. The van der Waals surface area contributed by atoms with E-state index in [9.17, 15) is 13.2 Å². The van der Waals surface area contributed by atoms with Crippen LogP contribution in [0.25, 0.3) is 0 Å². The molecule has 1 saturated heterocycles. The number of nitrogens with one attached hydrogen (secondary N) is 2. The summed E-state index contributed by atoms with van der Waals surface area (Å²) in [4.78, 5) is 17.9. The molecule has 3 aromatic carbocycles. The zero-order chi connectivity index (χ0) is 30.4. The fourth-order valence-corrected chi connectivity index (χ4v) is 5.83. The lowest BCUT2D eigenvalue weighted by molar-refractivity contribution is 0.119. The van der Waals surface area contributed by atoms with E-state index in [1.54, 1.807) is 41.3 Å². The highest BCUT2D eigenvalue weighted by molar-refractivity contribution is 7.92. The van der Waals surface area contributed by atoms with Crippen LogP contribution in [0.5, 0.6) is 11.5 Å². The lowest BCUT2D eigenvalue weighted by atomic mass is 10.0. The first-order valence-electron chi connectivity index (χ1n) is 14.3. The number of aromatic nitrogens is 2. The summed E-state index contributed by atoms with van der Waals surface area (Å²) in [6.07, 6.45) is 6.36. The SMILES string of the molecule is Cc1ccccc1CN(C(=O)Nc1cnn(C)c1)C1CCN(Cc2ccc(Oc3ccc(NS(C)(=O)=O)cc3)cc2)CC1.Cl.Cl. The van der Waals surface area contributed by atoms with Crippen LogP contribution in [-0.4, -0.2) is 59.4 Å². The van der Waals surface area contributed by atoms with Gasteiger partial charge in [0.2, 0.25) is 10.0 Å². The van der Waals surface area contributed by atoms with Gasteiger partial charge in [-0.15, -0.1) is 24.8 Å². The largest absolute Gasteiger partial charge is 0.457 e. The van der Waals surface area contributed by atoms with Gasteiger partial charge in [-0.05, 0) is 72.9 Å². The van der Waals surface area contributed by atoms with Gasteiger partial charge in [0.15, 0.2) is 0 Å². The Kier molecular flexibility index (Phi) is 12.7. The van der Waals surface area contributed by atoms with Crippen molar-refractivity contribution in [1.29, 1.82) is 0 Å². The minimum absolute atomic E-state index is 0. The third-order valence-electron chi connectivity index (χ3n) is 7.54. The summed E-state index contributed by atoms with van der Waals surface area (Å²) in [6.45, 7) is 5.24. The molecule has 0 bridgehead atoms. The molecule has 1 aromatic heterocycles. The van der Waals surface area contributed by atoms with E-state index in [4.69, 9.17) is 4.74 Å². The van der Waals surface area contributed by atoms with Crippen LogP contribution in [0.1, 0.15) is 29.5 Å². The van der Waals surface area contributed by atoms with Crippen molar-refractivity contribution in [1.82, 2.24) is 19.6 Å². The van der Waals surface area contributed by atoms with Crippen LogP contribution < -0.4 is 14.8 Å². The van der Waals surface area contributed by atoms with Crippen LogP contribution in [-0.2, 0) is 30.2 Å². The van der Waals surface area contributed by atoms with Crippen molar-refractivity contribution >= 4 is 52.2 Å². The standard InChI is InChI=1S/C32H38N6O4S.2ClH/c1-24-6-4-5-7-26(24)22-38(32(39)34-28-20-33-36(2)23-28)29-16-18-37(19-17-29)21-25-8-12-30(13-9-25)42-31-14-10-27(11-15-31)35-43(3,40)41;;/h4-15,20,23,29,35H,16-19,21-22H2,1-3H3,(H,34,39);2*1H. The molecule has 2 heterocycles. The molecule has 45 heavy (non-hydrogen) atoms. The summed E-state index contributed by atoms with van der Waals surface area (Å²) in [7, 11) is -1.49. The molecule has 10 nitrogen and oxygen atoms in total. The smallest absolute Gasteiger partial charge is 0.322 e. The summed E-state index contributed by atoms with van der Waals surface area (Å²) in [5.41, 5.74) is 4.68. The van der Waals surface area contributed by atoms with Gasteiger partial charge in [-0.2, -0.15) is 5.10 Å². The normalized spacial score (nSPS) is 13.7. The fraction of sp³-hybridized carbons (Fsp3) is 0.312. The Morgan fingerprint density at radius 3 is 2.16 bits per heavy atom. The molecule has 0 aliphatic carbocycles. The zero-order valence-electron chi connectivity index (χ0n) is 25.5. The van der Waals surface area contributed by atoms with E-state index < -0.39 is 10.0 Å². The van der Waals surface area contributed by atoms with E-state index in [-0.39, 0.29) is 36.9 Å². The predicted octanol–water partition coefficient (Wildman–Crippen LogP) is 6.43. The second kappa shape index (κ2) is 16.0. The Hall–Kier alpha value is -3.77. The second-order valence-corrected chi connectivity index (χ2v) is 12.8. The van der Waals surface area contributed by atoms with Crippen molar-refractivity contribution in [3.05, 3.63) is 102 Å². The number of sulfonamides is 1. The molecule has 0 spiro atoms. The van der Waals surface area contributed by atoms with Crippen LogP contribution in [0, 0.1) is 6.92 Å². The molecule has 1 fully saturated rings. The first-order valence-corrected chi connectivity index (χ1v) is 16.2. The first kappa shape index (κ1) is 35.7. The third-order valence-corrected chi connectivity index (χ3v) is 8.15. The van der Waals surface area contributed by atoms with E-state index in [0.717, 1.165) is 44.3 Å². The highest BCUT2D eigenvalue weighted by atomic mass is 35.5. The zero-order valence-corrected chi connectivity index (χ0v) is 28.0. The van der Waals surface area contributed by atoms with E-state index in [1.807, 2.05) is 36.2 Å². The first-order chi connectivity index (χ1) is 20.6. The molecule has 2 N–H and O–H groups in total. The summed E-state index contributed by atoms with van der Waals surface area (Å²) < 4.78 is 32.8. The van der Waals surface area contributed by atoms with Crippen LogP contribution >= 0.6 is 24.8 Å². The van der Waals surface area contributed by atoms with Gasteiger partial charge in [-0.1, -0.05) is 36.4 Å². The molecule has 1 aliphatic rings. The molecule has 1 aliphatic heterocycles. The minimum Gasteiger partial charge on any atom is -0.457 e. The molecule has 4 aromatic rings. The molecule has 0 atom stereocenters. The van der Waals surface area contributed by atoms with E-state index >= 15 is 0 Å². The molecule has 13 heteroatoms. The lowest BCUT2D eigenvalue weighted by Gasteiger charge is -2.38. The summed E-state index contributed by atoms with van der Waals surface area (Å²) >= 11 is 0. The van der Waals surface area contributed by atoms with Crippen LogP contribution in [0.4, 0.5) is 16.2 Å². The molecule has 0 unspecified atom stereocenters. The monoisotopic (exact) mass is 674 g/mol. The van der Waals surface area contributed by atoms with Crippen molar-refractivity contribution in [2.45, 2.75) is 38.9 Å². The number of nitrogens with zero attached hydrogens (tertiary/aromatic N) is 4. The molecule has 0 radical (unpaired) electrons. The molecule has 242 valence electrons. The third kappa shape index (κ3) is 10.4. The Labute approximate surface area is 277 Å². The average Bonchev–Trinajstić information content (AvgIpc) is 3.38. The fourth-order valence-electron chi connectivity index (χ4n) is 5.27. The number of rotatable bonds is 10. The maximum absolute atomic E-state index is 13.5. The number of urea groups is 1. The summed E-state index contributed by atoms with van der Waals surface area (Å²) in [5, 5.41) is 7.21. The number of likely N-dealkylation sites (tertiary alicyclic amines) is 1. The number of halogens is 2. The molecule has 5 rings (SSSR count). The molecule has 2 amide bonds. The quantitative estimate of drug-likeness (QED) is 0.201. The van der Waals surface area contributed by atoms with Gasteiger partial charge >= 0.3 is 6.03 Å². The number of hydrogen-bond donors (Lipinski definition) is 2. The number of benzene rings is 3. The van der Waals surface area contributed by atoms with Crippen LogP contribution in [0.15, 0.2) is 85.2 Å². The highest BCUT2D eigenvalue weighted by Gasteiger charge is 2.29.